The van der Waals surface area contributed by atoms with Crippen LogP contribution in [0, 0.1) is 11.8 Å². The highest BCUT2D eigenvalue weighted by Crippen LogP contribution is 2.18. The number of hydrogen-bond donors (Lipinski definition) is 2. The minimum Gasteiger partial charge on any atom is -0.320 e. The van der Waals surface area contributed by atoms with Crippen LogP contribution in [0.4, 0.5) is 0 Å². The molecule has 0 aliphatic carbocycles. The lowest BCUT2D eigenvalue weighted by atomic mass is 10.2. The van der Waals surface area contributed by atoms with E-state index >= 15 is 0 Å². The molecule has 1 saturated heterocycles. The van der Waals surface area contributed by atoms with Gasteiger partial charge in [-0.1, -0.05) is 11.8 Å². The fraction of sp³-hybridized carbons (Fsp3) is 0.538. The summed E-state index contributed by atoms with van der Waals surface area (Å²) in [4.78, 5) is 3.91. The van der Waals surface area contributed by atoms with E-state index in [-0.39, 0.29) is 0 Å². The molecule has 1 fully saturated rings. The van der Waals surface area contributed by atoms with Crippen LogP contribution in [-0.2, 0) is 6.54 Å². The van der Waals surface area contributed by atoms with Crippen molar-refractivity contribution in [2.75, 3.05) is 26.2 Å². The van der Waals surface area contributed by atoms with Crippen molar-refractivity contribution in [2.24, 2.45) is 5.73 Å². The van der Waals surface area contributed by atoms with Crippen LogP contribution in [-0.4, -0.2) is 37.1 Å². The topological polar surface area (TPSA) is 41.3 Å². The molecule has 92 valence electrons. The van der Waals surface area contributed by atoms with E-state index < -0.39 is 0 Å². The smallest absolute Gasteiger partial charge is 0.0555 e. The number of nitrogens with zero attached hydrogens (tertiary/aromatic N) is 1. The molecule has 17 heavy (non-hydrogen) atoms. The predicted molar refractivity (Wildman–Crippen MR) is 73.0 cm³/mol. The van der Waals surface area contributed by atoms with Gasteiger partial charge >= 0.3 is 0 Å². The average Bonchev–Trinajstić information content (AvgIpc) is 2.77. The summed E-state index contributed by atoms with van der Waals surface area (Å²) in [5.74, 6) is 5.97. The van der Waals surface area contributed by atoms with E-state index in [1.807, 2.05) is 0 Å². The van der Waals surface area contributed by atoms with Gasteiger partial charge in [-0.2, -0.15) is 0 Å². The van der Waals surface area contributed by atoms with Crippen molar-refractivity contribution in [3.8, 4) is 11.8 Å². The second-order valence-corrected chi connectivity index (χ2v) is 5.33. The van der Waals surface area contributed by atoms with Crippen LogP contribution >= 0.6 is 11.3 Å². The molecule has 1 aromatic rings. The van der Waals surface area contributed by atoms with Gasteiger partial charge in [0.2, 0.25) is 0 Å². The van der Waals surface area contributed by atoms with Crippen molar-refractivity contribution in [1.29, 1.82) is 0 Å². The molecule has 0 spiro atoms. The maximum atomic E-state index is 5.37. The van der Waals surface area contributed by atoms with E-state index in [1.54, 1.807) is 11.3 Å². The first-order chi connectivity index (χ1) is 8.29. The highest BCUT2D eigenvalue weighted by molar-refractivity contribution is 7.10. The number of hydrogen-bond acceptors (Lipinski definition) is 4. The molecule has 1 atom stereocenters. The highest BCUT2D eigenvalue weighted by Gasteiger charge is 2.18. The van der Waals surface area contributed by atoms with E-state index in [0.29, 0.717) is 12.6 Å². The first-order valence-electron chi connectivity index (χ1n) is 6.00. The van der Waals surface area contributed by atoms with Crippen LogP contribution in [0.2, 0.25) is 0 Å². The molecule has 4 heteroatoms. The lowest BCUT2D eigenvalue weighted by Gasteiger charge is -2.33. The third-order valence-electron chi connectivity index (χ3n) is 2.99. The minimum absolute atomic E-state index is 0.431. The largest absolute Gasteiger partial charge is 0.320 e. The number of nitrogens with two attached hydrogens (primary N) is 1. The van der Waals surface area contributed by atoms with Gasteiger partial charge in [0.25, 0.3) is 0 Å². The maximum absolute atomic E-state index is 5.37. The fourth-order valence-corrected chi connectivity index (χ4v) is 2.84. The fourth-order valence-electron chi connectivity index (χ4n) is 2.00. The zero-order chi connectivity index (χ0) is 12.1. The van der Waals surface area contributed by atoms with Crippen LogP contribution < -0.4 is 11.1 Å². The van der Waals surface area contributed by atoms with Crippen molar-refractivity contribution >= 4 is 11.3 Å². The highest BCUT2D eigenvalue weighted by atomic mass is 32.1. The molecule has 0 amide bonds. The van der Waals surface area contributed by atoms with Gasteiger partial charge < -0.3 is 11.1 Å². The van der Waals surface area contributed by atoms with Gasteiger partial charge in [-0.05, 0) is 13.0 Å². The average molecular weight is 249 g/mol. The molecule has 2 rings (SSSR count). The molecule has 3 nitrogen and oxygen atoms in total. The first-order valence-corrected chi connectivity index (χ1v) is 6.88. The van der Waals surface area contributed by atoms with Gasteiger partial charge in [-0.15, -0.1) is 11.3 Å². The molecule has 0 radical (unpaired) electrons. The summed E-state index contributed by atoms with van der Waals surface area (Å²) in [5.41, 5.74) is 6.46. The standard InChI is InChI=1S/C13H19N3S/c1-11-8-15-5-6-16(11)9-13-7-12(10-17-13)3-2-4-14/h7,10-11,15H,4-6,8-9,14H2,1H3. The van der Waals surface area contributed by atoms with Gasteiger partial charge in [0.15, 0.2) is 0 Å². The minimum atomic E-state index is 0.431. The molecule has 1 aliphatic heterocycles. The van der Waals surface area contributed by atoms with Crippen molar-refractivity contribution in [3.05, 3.63) is 21.9 Å². The third kappa shape index (κ3) is 3.55. The molecule has 1 aliphatic rings. The summed E-state index contributed by atoms with van der Waals surface area (Å²) in [6.45, 7) is 7.05. The van der Waals surface area contributed by atoms with Crippen molar-refractivity contribution in [3.63, 3.8) is 0 Å². The normalized spacial score (nSPS) is 20.9. The molecule has 1 unspecified atom stereocenters. The monoisotopic (exact) mass is 249 g/mol. The Hall–Kier alpha value is -0.860. The van der Waals surface area contributed by atoms with Crippen molar-refractivity contribution < 1.29 is 0 Å². The van der Waals surface area contributed by atoms with E-state index in [0.717, 1.165) is 31.7 Å². The molecular formula is C13H19N3S. The van der Waals surface area contributed by atoms with Crippen molar-refractivity contribution in [1.82, 2.24) is 10.2 Å². The Morgan fingerprint density at radius 1 is 1.65 bits per heavy atom. The Bertz CT molecular complexity index is 416. The summed E-state index contributed by atoms with van der Waals surface area (Å²) in [6, 6.07) is 2.80. The Morgan fingerprint density at radius 2 is 2.53 bits per heavy atom. The molecule has 2 heterocycles. The Kier molecular flexibility index (Phi) is 4.57. The summed E-state index contributed by atoms with van der Waals surface area (Å²) in [5, 5.41) is 5.52. The molecule has 0 bridgehead atoms. The lowest BCUT2D eigenvalue weighted by molar-refractivity contribution is 0.167. The summed E-state index contributed by atoms with van der Waals surface area (Å²) < 4.78 is 0. The Balaban J connectivity index is 1.96. The molecule has 0 aromatic carbocycles. The predicted octanol–water partition coefficient (Wildman–Crippen LogP) is 0.852. The molecule has 3 N–H and O–H groups in total. The second-order valence-electron chi connectivity index (χ2n) is 4.33. The van der Waals surface area contributed by atoms with Crippen LogP contribution in [0.1, 0.15) is 17.4 Å². The van der Waals surface area contributed by atoms with E-state index in [1.165, 1.54) is 4.88 Å². The molecular weight excluding hydrogens is 230 g/mol. The molecule has 0 saturated carbocycles. The quantitative estimate of drug-likeness (QED) is 0.764. The summed E-state index contributed by atoms with van der Waals surface area (Å²) in [7, 11) is 0. The third-order valence-corrected chi connectivity index (χ3v) is 3.91. The van der Waals surface area contributed by atoms with E-state index in [4.69, 9.17) is 5.73 Å². The van der Waals surface area contributed by atoms with Crippen LogP contribution in [0.25, 0.3) is 0 Å². The van der Waals surface area contributed by atoms with E-state index in [9.17, 15) is 0 Å². The second kappa shape index (κ2) is 6.18. The van der Waals surface area contributed by atoms with Crippen molar-refractivity contribution in [2.45, 2.75) is 19.5 Å². The zero-order valence-electron chi connectivity index (χ0n) is 10.2. The Labute approximate surface area is 107 Å². The van der Waals surface area contributed by atoms with Crippen LogP contribution in [0.15, 0.2) is 11.4 Å². The maximum Gasteiger partial charge on any atom is 0.0555 e. The van der Waals surface area contributed by atoms with Gasteiger partial charge in [-0.3, -0.25) is 4.90 Å². The summed E-state index contributed by atoms with van der Waals surface area (Å²) in [6.07, 6.45) is 0. The lowest BCUT2D eigenvalue weighted by Crippen LogP contribution is -2.49. The van der Waals surface area contributed by atoms with Crippen LogP contribution in [0.3, 0.4) is 0 Å². The van der Waals surface area contributed by atoms with Crippen LogP contribution in [0.5, 0.6) is 0 Å². The molecule has 1 aromatic heterocycles. The Morgan fingerprint density at radius 3 is 3.29 bits per heavy atom. The number of piperazine rings is 1. The van der Waals surface area contributed by atoms with Gasteiger partial charge in [0, 0.05) is 48.0 Å². The van der Waals surface area contributed by atoms with E-state index in [2.05, 4.69) is 40.4 Å². The number of rotatable bonds is 2. The summed E-state index contributed by atoms with van der Waals surface area (Å²) >= 11 is 1.79. The van der Waals surface area contributed by atoms with Gasteiger partial charge in [-0.25, -0.2) is 0 Å². The SMILES string of the molecule is CC1CNCCN1Cc1cc(C#CCN)cs1. The number of thiophene rings is 1. The van der Waals surface area contributed by atoms with Gasteiger partial charge in [0.1, 0.15) is 0 Å². The van der Waals surface area contributed by atoms with Gasteiger partial charge in [0.05, 0.1) is 6.54 Å². The zero-order valence-corrected chi connectivity index (χ0v) is 11.0. The first kappa shape index (κ1) is 12.6. The number of nitrogens with one attached hydrogen (secondary N) is 1.